The third-order valence-electron chi connectivity index (χ3n) is 6.21. The molecule has 0 aromatic heterocycles. The van der Waals surface area contributed by atoms with Crippen LogP contribution in [0.5, 0.6) is 11.5 Å². The highest BCUT2D eigenvalue weighted by Crippen LogP contribution is 2.46. The van der Waals surface area contributed by atoms with Gasteiger partial charge in [-0.1, -0.05) is 36.4 Å². The van der Waals surface area contributed by atoms with Crippen molar-refractivity contribution in [1.82, 2.24) is 4.90 Å². The van der Waals surface area contributed by atoms with Gasteiger partial charge < -0.3 is 14.3 Å². The van der Waals surface area contributed by atoms with Crippen LogP contribution in [0.2, 0.25) is 0 Å². The summed E-state index contributed by atoms with van der Waals surface area (Å²) in [6.07, 6.45) is 7.89. The first-order chi connectivity index (χ1) is 13.7. The van der Waals surface area contributed by atoms with Crippen LogP contribution in [0.3, 0.4) is 0 Å². The van der Waals surface area contributed by atoms with E-state index in [0.29, 0.717) is 6.04 Å². The van der Waals surface area contributed by atoms with E-state index in [1.54, 1.807) is 14.2 Å². The minimum Gasteiger partial charge on any atom is -0.497 e. The molecule has 0 amide bonds. The van der Waals surface area contributed by atoms with Crippen LogP contribution in [0.4, 0.5) is 0 Å². The van der Waals surface area contributed by atoms with Crippen molar-refractivity contribution in [3.8, 4) is 11.5 Å². The average Bonchev–Trinajstić information content (AvgIpc) is 3.33. The fourth-order valence-electron chi connectivity index (χ4n) is 4.85. The number of carbonyl (C=O) groups excluding carboxylic acids is 1. The fourth-order valence-corrected chi connectivity index (χ4v) is 4.85. The lowest BCUT2D eigenvalue weighted by Gasteiger charge is -2.25. The van der Waals surface area contributed by atoms with Crippen LogP contribution in [0.25, 0.3) is 6.08 Å². The molecule has 4 heteroatoms. The molecule has 4 rings (SSSR count). The Labute approximate surface area is 166 Å². The molecule has 4 nitrogen and oxygen atoms in total. The maximum absolute atomic E-state index is 12.1. The predicted octanol–water partition coefficient (Wildman–Crippen LogP) is 4.16. The molecule has 2 aliphatic heterocycles. The van der Waals surface area contributed by atoms with Crippen LogP contribution in [0, 0.1) is 5.92 Å². The number of hydrogen-bond acceptors (Lipinski definition) is 4. The molecule has 0 radical (unpaired) electrons. The van der Waals surface area contributed by atoms with Crippen molar-refractivity contribution < 1.29 is 14.3 Å². The third-order valence-corrected chi connectivity index (χ3v) is 6.21. The van der Waals surface area contributed by atoms with Gasteiger partial charge in [0.15, 0.2) is 0 Å². The zero-order valence-electron chi connectivity index (χ0n) is 16.5. The highest BCUT2D eigenvalue weighted by Gasteiger charge is 2.49. The van der Waals surface area contributed by atoms with Gasteiger partial charge in [0, 0.05) is 23.9 Å². The number of rotatable bonds is 6. The van der Waals surface area contributed by atoms with E-state index in [1.165, 1.54) is 11.8 Å². The van der Waals surface area contributed by atoms with E-state index in [0.717, 1.165) is 36.4 Å². The van der Waals surface area contributed by atoms with E-state index in [2.05, 4.69) is 41.3 Å². The first-order valence-electron chi connectivity index (χ1n) is 9.92. The second-order valence-electron chi connectivity index (χ2n) is 7.58. The minimum absolute atomic E-state index is 0.0291. The van der Waals surface area contributed by atoms with Gasteiger partial charge in [-0.25, -0.2) is 0 Å². The third kappa shape index (κ3) is 3.45. The molecule has 2 saturated heterocycles. The topological polar surface area (TPSA) is 38.8 Å². The number of methoxy groups -OCH3 is 2. The van der Waals surface area contributed by atoms with Gasteiger partial charge in [-0.3, -0.25) is 4.90 Å². The molecule has 2 fully saturated rings. The lowest BCUT2D eigenvalue weighted by molar-refractivity contribution is -0.111. The largest absolute Gasteiger partial charge is 0.497 e. The number of aldehydes is 1. The Bertz CT molecular complexity index is 828. The summed E-state index contributed by atoms with van der Waals surface area (Å²) in [6.45, 7) is 1.05. The van der Waals surface area contributed by atoms with E-state index in [9.17, 15) is 4.79 Å². The number of carbonyl (C=O) groups is 1. The van der Waals surface area contributed by atoms with Gasteiger partial charge in [0.2, 0.25) is 0 Å². The zero-order valence-corrected chi connectivity index (χ0v) is 16.5. The fraction of sp³-hybridized carbons (Fsp3) is 0.375. The Morgan fingerprint density at radius 1 is 0.964 bits per heavy atom. The van der Waals surface area contributed by atoms with Gasteiger partial charge in [-0.05, 0) is 54.8 Å². The van der Waals surface area contributed by atoms with E-state index < -0.39 is 0 Å². The van der Waals surface area contributed by atoms with E-state index >= 15 is 0 Å². The Morgan fingerprint density at radius 2 is 1.61 bits per heavy atom. The van der Waals surface area contributed by atoms with Crippen molar-refractivity contribution in [2.75, 3.05) is 20.8 Å². The molecule has 0 N–H and O–H groups in total. The number of nitrogens with zero attached hydrogens (tertiary/aromatic N) is 1. The first kappa shape index (κ1) is 18.8. The summed E-state index contributed by atoms with van der Waals surface area (Å²) in [5.41, 5.74) is 2.34. The molecule has 4 atom stereocenters. The average molecular weight is 377 g/mol. The summed E-state index contributed by atoms with van der Waals surface area (Å²) < 4.78 is 10.6. The lowest BCUT2D eigenvalue weighted by atomic mass is 9.81. The van der Waals surface area contributed by atoms with Crippen molar-refractivity contribution in [1.29, 1.82) is 0 Å². The van der Waals surface area contributed by atoms with E-state index in [-0.39, 0.29) is 17.9 Å². The highest BCUT2D eigenvalue weighted by molar-refractivity contribution is 5.61. The molecule has 2 aromatic carbocycles. The number of hydrogen-bond donors (Lipinski definition) is 0. The molecule has 0 bridgehead atoms. The van der Waals surface area contributed by atoms with Crippen molar-refractivity contribution >= 4 is 12.4 Å². The monoisotopic (exact) mass is 377 g/mol. The summed E-state index contributed by atoms with van der Waals surface area (Å²) in [5, 5.41) is 0. The lowest BCUT2D eigenvalue weighted by Crippen LogP contribution is -2.32. The molecule has 146 valence electrons. The maximum atomic E-state index is 12.1. The maximum Gasteiger partial charge on any atom is 0.125 e. The smallest absolute Gasteiger partial charge is 0.125 e. The van der Waals surface area contributed by atoms with E-state index in [1.807, 2.05) is 24.3 Å². The Kier molecular flexibility index (Phi) is 5.49. The normalized spacial score (nSPS) is 27.1. The summed E-state index contributed by atoms with van der Waals surface area (Å²) in [5.74, 6) is 1.90. The number of ether oxygens (including phenoxy) is 2. The summed E-state index contributed by atoms with van der Waals surface area (Å²) in [6, 6.07) is 16.8. The molecular weight excluding hydrogens is 350 g/mol. The summed E-state index contributed by atoms with van der Waals surface area (Å²) in [4.78, 5) is 14.6. The van der Waals surface area contributed by atoms with Crippen LogP contribution in [0.15, 0.2) is 54.6 Å². The number of benzene rings is 2. The Hall–Kier alpha value is -2.59. The summed E-state index contributed by atoms with van der Waals surface area (Å²) >= 11 is 0. The molecule has 2 aliphatic rings. The highest BCUT2D eigenvalue weighted by atomic mass is 16.5. The quantitative estimate of drug-likeness (QED) is 0.709. The zero-order chi connectivity index (χ0) is 19.5. The molecule has 0 saturated carbocycles. The Morgan fingerprint density at radius 3 is 2.21 bits per heavy atom. The molecule has 0 unspecified atom stereocenters. The van der Waals surface area contributed by atoms with Gasteiger partial charge in [-0.15, -0.1) is 0 Å². The van der Waals surface area contributed by atoms with Crippen molar-refractivity contribution in [3.05, 3.63) is 65.7 Å². The standard InChI is InChI=1S/C24H27NO3/c1-27-19-10-5-17(6-11-19)7-14-23-24(18-8-12-20(28-2)13-9-18)21(16-26)22-4-3-15-25(22)23/h5-14,16,21-24H,3-4,15H2,1-2H3/b14-7+/t21-,22-,23-,24+/m1/s1. The van der Waals surface area contributed by atoms with Crippen molar-refractivity contribution in [2.24, 2.45) is 5.92 Å². The van der Waals surface area contributed by atoms with Crippen LogP contribution in [-0.4, -0.2) is 44.0 Å². The molecular formula is C24H27NO3. The molecule has 0 aliphatic carbocycles. The van der Waals surface area contributed by atoms with Gasteiger partial charge in [0.1, 0.15) is 17.8 Å². The minimum atomic E-state index is 0.0291. The molecule has 0 spiro atoms. The van der Waals surface area contributed by atoms with Gasteiger partial charge in [0.25, 0.3) is 0 Å². The van der Waals surface area contributed by atoms with Gasteiger partial charge in [0.05, 0.1) is 14.2 Å². The second kappa shape index (κ2) is 8.19. The SMILES string of the molecule is COc1ccc(/C=C/[C@@H]2[C@@H](c3ccc(OC)cc3)[C@H](C=O)[C@H]3CCCN23)cc1. The molecule has 28 heavy (non-hydrogen) atoms. The van der Waals surface area contributed by atoms with Crippen molar-refractivity contribution in [2.45, 2.75) is 30.8 Å². The van der Waals surface area contributed by atoms with Crippen LogP contribution in [0.1, 0.15) is 29.9 Å². The second-order valence-corrected chi connectivity index (χ2v) is 7.58. The predicted molar refractivity (Wildman–Crippen MR) is 111 cm³/mol. The Balaban J connectivity index is 1.65. The van der Waals surface area contributed by atoms with Gasteiger partial charge in [-0.2, -0.15) is 0 Å². The van der Waals surface area contributed by atoms with Crippen LogP contribution in [-0.2, 0) is 4.79 Å². The first-order valence-corrected chi connectivity index (χ1v) is 9.92. The van der Waals surface area contributed by atoms with Crippen LogP contribution >= 0.6 is 0 Å². The molecule has 2 heterocycles. The van der Waals surface area contributed by atoms with Crippen LogP contribution < -0.4 is 9.47 Å². The number of fused-ring (bicyclic) bond motifs is 1. The molecule has 2 aromatic rings. The van der Waals surface area contributed by atoms with E-state index in [4.69, 9.17) is 9.47 Å². The van der Waals surface area contributed by atoms with Gasteiger partial charge >= 0.3 is 0 Å². The van der Waals surface area contributed by atoms with Crippen molar-refractivity contribution in [3.63, 3.8) is 0 Å². The summed E-state index contributed by atoms with van der Waals surface area (Å²) in [7, 11) is 3.35.